The Kier molecular flexibility index (Phi) is 5.61. The first-order valence-corrected chi connectivity index (χ1v) is 13.9. The van der Waals surface area contributed by atoms with Gasteiger partial charge in [0.25, 0.3) is 0 Å². The third-order valence-electron chi connectivity index (χ3n) is 6.91. The summed E-state index contributed by atoms with van der Waals surface area (Å²) in [5, 5.41) is 2.43. The van der Waals surface area contributed by atoms with Gasteiger partial charge in [-0.2, -0.15) is 0 Å². The molecular formula is C34H22BrNS. The standard InChI is InChI=1S/C34H22BrNS/c35-28-15-7-13-25-14-8-16-31(34(25)28)36-29-19-17-26(23-9-3-1-4-10-23)21-32(29)37-33-22-27(18-20-30(33)36)24-11-5-2-6-12-24/h1-22H. The Hall–Kier alpha value is -3.79. The number of fused-ring (bicyclic) bond motifs is 3. The summed E-state index contributed by atoms with van der Waals surface area (Å²) in [7, 11) is 0. The smallest absolute Gasteiger partial charge is 0.0602 e. The molecule has 1 heterocycles. The van der Waals surface area contributed by atoms with Gasteiger partial charge in [-0.1, -0.05) is 125 Å². The normalized spacial score (nSPS) is 12.3. The van der Waals surface area contributed by atoms with Crippen LogP contribution in [0.3, 0.4) is 0 Å². The van der Waals surface area contributed by atoms with Crippen molar-refractivity contribution in [3.8, 4) is 22.3 Å². The zero-order valence-corrected chi connectivity index (χ0v) is 22.3. The number of anilines is 3. The van der Waals surface area contributed by atoms with Crippen molar-refractivity contribution in [3.05, 3.63) is 138 Å². The number of hydrogen-bond acceptors (Lipinski definition) is 2. The summed E-state index contributed by atoms with van der Waals surface area (Å²) < 4.78 is 1.10. The van der Waals surface area contributed by atoms with Gasteiger partial charge >= 0.3 is 0 Å². The Labute approximate surface area is 229 Å². The van der Waals surface area contributed by atoms with Crippen LogP contribution in [-0.2, 0) is 0 Å². The van der Waals surface area contributed by atoms with Crippen LogP contribution in [0.2, 0.25) is 0 Å². The highest BCUT2D eigenvalue weighted by molar-refractivity contribution is 9.10. The molecule has 0 N–H and O–H groups in total. The lowest BCUT2D eigenvalue weighted by atomic mass is 10.0. The van der Waals surface area contributed by atoms with E-state index < -0.39 is 0 Å². The fourth-order valence-corrected chi connectivity index (χ4v) is 6.87. The van der Waals surface area contributed by atoms with Crippen LogP contribution in [0.15, 0.2) is 148 Å². The first-order chi connectivity index (χ1) is 18.3. The molecule has 176 valence electrons. The summed E-state index contributed by atoms with van der Waals surface area (Å²) in [5.41, 5.74) is 8.50. The molecule has 6 aromatic carbocycles. The van der Waals surface area contributed by atoms with Gasteiger partial charge in [-0.05, 0) is 64.0 Å². The predicted octanol–water partition coefficient (Wildman–Crippen LogP) is 10.9. The highest BCUT2D eigenvalue weighted by Crippen LogP contribution is 2.54. The third-order valence-corrected chi connectivity index (χ3v) is 8.66. The van der Waals surface area contributed by atoms with Crippen molar-refractivity contribution in [3.63, 3.8) is 0 Å². The van der Waals surface area contributed by atoms with E-state index in [1.807, 2.05) is 11.8 Å². The maximum atomic E-state index is 3.85. The van der Waals surface area contributed by atoms with Gasteiger partial charge in [-0.15, -0.1) is 0 Å². The number of rotatable bonds is 3. The number of nitrogens with zero attached hydrogens (tertiary/aromatic N) is 1. The largest absolute Gasteiger partial charge is 0.308 e. The van der Waals surface area contributed by atoms with E-state index in [9.17, 15) is 0 Å². The maximum absolute atomic E-state index is 3.85. The van der Waals surface area contributed by atoms with Gasteiger partial charge in [0.05, 0.1) is 17.1 Å². The van der Waals surface area contributed by atoms with Crippen molar-refractivity contribution in [2.24, 2.45) is 0 Å². The highest BCUT2D eigenvalue weighted by atomic mass is 79.9. The van der Waals surface area contributed by atoms with Crippen molar-refractivity contribution in [1.29, 1.82) is 0 Å². The second-order valence-corrected chi connectivity index (χ2v) is 11.1. The molecule has 0 saturated heterocycles. The van der Waals surface area contributed by atoms with Crippen LogP contribution in [0, 0.1) is 0 Å². The minimum atomic E-state index is 1.10. The topological polar surface area (TPSA) is 3.24 Å². The van der Waals surface area contributed by atoms with Gasteiger partial charge in [0.2, 0.25) is 0 Å². The molecule has 3 heteroatoms. The summed E-state index contributed by atoms with van der Waals surface area (Å²) >= 11 is 5.70. The quantitative estimate of drug-likeness (QED) is 0.213. The molecule has 6 aromatic rings. The second-order valence-electron chi connectivity index (χ2n) is 9.15. The molecule has 7 rings (SSSR count). The molecule has 0 radical (unpaired) electrons. The lowest BCUT2D eigenvalue weighted by molar-refractivity contribution is 1.17. The fourth-order valence-electron chi connectivity index (χ4n) is 5.15. The molecule has 0 aromatic heterocycles. The van der Waals surface area contributed by atoms with Crippen LogP contribution in [-0.4, -0.2) is 0 Å². The zero-order chi connectivity index (χ0) is 24.8. The van der Waals surface area contributed by atoms with E-state index in [4.69, 9.17) is 0 Å². The lowest BCUT2D eigenvalue weighted by Crippen LogP contribution is -2.15. The van der Waals surface area contributed by atoms with Crippen molar-refractivity contribution in [1.82, 2.24) is 0 Å². The monoisotopic (exact) mass is 555 g/mol. The van der Waals surface area contributed by atoms with E-state index in [1.165, 1.54) is 59.9 Å². The average molecular weight is 557 g/mol. The Bertz CT molecular complexity index is 1670. The molecule has 0 saturated carbocycles. The highest BCUT2D eigenvalue weighted by Gasteiger charge is 2.27. The molecule has 0 atom stereocenters. The van der Waals surface area contributed by atoms with Gasteiger partial charge in [-0.25, -0.2) is 0 Å². The van der Waals surface area contributed by atoms with Gasteiger partial charge in [0.1, 0.15) is 0 Å². The van der Waals surface area contributed by atoms with Crippen LogP contribution in [0.5, 0.6) is 0 Å². The fraction of sp³-hybridized carbons (Fsp3) is 0. The summed E-state index contributed by atoms with van der Waals surface area (Å²) in [6, 6.07) is 47.9. The van der Waals surface area contributed by atoms with Crippen LogP contribution < -0.4 is 4.90 Å². The molecule has 0 spiro atoms. The molecule has 1 nitrogen and oxygen atoms in total. The Morgan fingerprint density at radius 1 is 0.459 bits per heavy atom. The van der Waals surface area contributed by atoms with E-state index in [0.717, 1.165) is 4.47 Å². The second kappa shape index (κ2) is 9.26. The van der Waals surface area contributed by atoms with Crippen molar-refractivity contribution >= 4 is 55.5 Å². The van der Waals surface area contributed by atoms with Gasteiger partial charge in [0, 0.05) is 19.6 Å². The molecule has 0 fully saturated rings. The Morgan fingerprint density at radius 2 is 1.00 bits per heavy atom. The summed E-state index contributed by atoms with van der Waals surface area (Å²) in [4.78, 5) is 4.93. The molecule has 1 aliphatic rings. The average Bonchev–Trinajstić information content (AvgIpc) is 2.96. The van der Waals surface area contributed by atoms with E-state index >= 15 is 0 Å². The van der Waals surface area contributed by atoms with Gasteiger partial charge in [0.15, 0.2) is 0 Å². The van der Waals surface area contributed by atoms with Gasteiger partial charge in [-0.3, -0.25) is 0 Å². The molecule has 37 heavy (non-hydrogen) atoms. The Morgan fingerprint density at radius 3 is 1.57 bits per heavy atom. The number of hydrogen-bond donors (Lipinski definition) is 0. The third kappa shape index (κ3) is 3.96. The SMILES string of the molecule is Brc1cccc2cccc(N3c4ccc(-c5ccccc5)cc4Sc4cc(-c5ccccc5)ccc43)c12. The Balaban J connectivity index is 1.47. The van der Waals surface area contributed by atoms with E-state index in [-0.39, 0.29) is 0 Å². The number of halogens is 1. The summed E-state index contributed by atoms with van der Waals surface area (Å²) in [6.07, 6.45) is 0. The van der Waals surface area contributed by atoms with E-state index in [2.05, 4.69) is 154 Å². The molecule has 0 aliphatic carbocycles. The maximum Gasteiger partial charge on any atom is 0.0602 e. The number of benzene rings is 6. The van der Waals surface area contributed by atoms with Crippen LogP contribution >= 0.6 is 27.7 Å². The van der Waals surface area contributed by atoms with E-state index in [1.54, 1.807) is 0 Å². The minimum absolute atomic E-state index is 1.10. The van der Waals surface area contributed by atoms with Crippen molar-refractivity contribution in [2.75, 3.05) is 4.90 Å². The zero-order valence-electron chi connectivity index (χ0n) is 19.9. The summed E-state index contributed by atoms with van der Waals surface area (Å²) in [6.45, 7) is 0. The van der Waals surface area contributed by atoms with Crippen LogP contribution in [0.1, 0.15) is 0 Å². The predicted molar refractivity (Wildman–Crippen MR) is 161 cm³/mol. The lowest BCUT2D eigenvalue weighted by Gasteiger charge is -2.34. The van der Waals surface area contributed by atoms with Crippen molar-refractivity contribution in [2.45, 2.75) is 9.79 Å². The summed E-state index contributed by atoms with van der Waals surface area (Å²) in [5.74, 6) is 0. The first kappa shape index (κ1) is 22.4. The first-order valence-electron chi connectivity index (χ1n) is 12.3. The van der Waals surface area contributed by atoms with E-state index in [0.29, 0.717) is 0 Å². The molecule has 1 aliphatic heterocycles. The molecule has 0 unspecified atom stereocenters. The van der Waals surface area contributed by atoms with Crippen molar-refractivity contribution < 1.29 is 0 Å². The van der Waals surface area contributed by atoms with Gasteiger partial charge < -0.3 is 4.90 Å². The molecular weight excluding hydrogens is 534 g/mol. The molecule has 0 bridgehead atoms. The molecule has 0 amide bonds. The minimum Gasteiger partial charge on any atom is -0.308 e. The van der Waals surface area contributed by atoms with Crippen LogP contribution in [0.25, 0.3) is 33.0 Å². The van der Waals surface area contributed by atoms with Crippen LogP contribution in [0.4, 0.5) is 17.1 Å².